The van der Waals surface area contributed by atoms with Crippen molar-refractivity contribution >= 4 is 28.4 Å². The normalized spacial score (nSPS) is 15.7. The number of rotatable bonds is 3. The van der Waals surface area contributed by atoms with Crippen LogP contribution in [-0.2, 0) is 9.59 Å². The largest absolute Gasteiger partial charge is 0.339 e. The number of anilines is 1. The number of H-pyrrole nitrogens is 1. The molecule has 2 heterocycles. The number of benzene rings is 1. The quantitative estimate of drug-likeness (QED) is 0.850. The molecule has 22 heavy (non-hydrogen) atoms. The number of aromatic amines is 1. The van der Waals surface area contributed by atoms with Gasteiger partial charge in [0.05, 0.1) is 11.7 Å². The van der Waals surface area contributed by atoms with Gasteiger partial charge in [-0.15, -0.1) is 0 Å². The molecule has 0 radical (unpaired) electrons. The third kappa shape index (κ3) is 2.86. The molecule has 2 aromatic rings. The summed E-state index contributed by atoms with van der Waals surface area (Å²) in [7, 11) is 0. The van der Waals surface area contributed by atoms with E-state index in [2.05, 4.69) is 22.1 Å². The van der Waals surface area contributed by atoms with Gasteiger partial charge in [-0.1, -0.05) is 6.58 Å². The fourth-order valence-corrected chi connectivity index (χ4v) is 2.75. The molecule has 0 aliphatic carbocycles. The van der Waals surface area contributed by atoms with Gasteiger partial charge in [-0.25, -0.2) is 0 Å². The van der Waals surface area contributed by atoms with Crippen molar-refractivity contribution in [1.82, 2.24) is 15.1 Å². The summed E-state index contributed by atoms with van der Waals surface area (Å²) < 4.78 is 0. The van der Waals surface area contributed by atoms with Gasteiger partial charge in [-0.3, -0.25) is 14.7 Å². The van der Waals surface area contributed by atoms with Crippen molar-refractivity contribution in [3.8, 4) is 0 Å². The molecule has 3 rings (SSSR count). The van der Waals surface area contributed by atoms with E-state index in [1.165, 1.54) is 6.08 Å². The Bertz CT molecular complexity index is 714. The van der Waals surface area contributed by atoms with Gasteiger partial charge in [0.1, 0.15) is 0 Å². The van der Waals surface area contributed by atoms with Crippen LogP contribution in [0, 0.1) is 5.92 Å². The molecule has 1 saturated heterocycles. The summed E-state index contributed by atoms with van der Waals surface area (Å²) in [4.78, 5) is 25.6. The fourth-order valence-electron chi connectivity index (χ4n) is 2.75. The molecule has 1 fully saturated rings. The molecule has 1 aromatic carbocycles. The molecule has 114 valence electrons. The van der Waals surface area contributed by atoms with E-state index >= 15 is 0 Å². The second-order valence-electron chi connectivity index (χ2n) is 5.46. The molecule has 0 atom stereocenters. The van der Waals surface area contributed by atoms with Crippen LogP contribution in [0.4, 0.5) is 5.69 Å². The minimum Gasteiger partial charge on any atom is -0.339 e. The van der Waals surface area contributed by atoms with E-state index in [4.69, 9.17) is 0 Å². The summed E-state index contributed by atoms with van der Waals surface area (Å²) in [5.41, 5.74) is 1.65. The summed E-state index contributed by atoms with van der Waals surface area (Å²) in [6.07, 6.45) is 4.42. The van der Waals surface area contributed by atoms with Crippen molar-refractivity contribution in [2.45, 2.75) is 12.8 Å². The zero-order valence-electron chi connectivity index (χ0n) is 12.2. The Labute approximate surface area is 128 Å². The number of carbonyl (C=O) groups excluding carboxylic acids is 2. The van der Waals surface area contributed by atoms with E-state index < -0.39 is 0 Å². The van der Waals surface area contributed by atoms with Crippen LogP contribution in [0.5, 0.6) is 0 Å². The van der Waals surface area contributed by atoms with Crippen LogP contribution in [0.25, 0.3) is 10.9 Å². The Balaban J connectivity index is 1.60. The van der Waals surface area contributed by atoms with Crippen LogP contribution in [0.3, 0.4) is 0 Å². The number of fused-ring (bicyclic) bond motifs is 1. The van der Waals surface area contributed by atoms with Crippen LogP contribution in [0.15, 0.2) is 37.1 Å². The van der Waals surface area contributed by atoms with Gasteiger partial charge in [0.2, 0.25) is 11.8 Å². The lowest BCUT2D eigenvalue weighted by molar-refractivity contribution is -0.130. The van der Waals surface area contributed by atoms with Crippen molar-refractivity contribution in [2.75, 3.05) is 18.4 Å². The highest BCUT2D eigenvalue weighted by atomic mass is 16.2. The number of piperidine rings is 1. The topological polar surface area (TPSA) is 78.1 Å². The smallest absolute Gasteiger partial charge is 0.245 e. The summed E-state index contributed by atoms with van der Waals surface area (Å²) in [5.74, 6) is -0.126. The fraction of sp³-hybridized carbons (Fsp3) is 0.312. The van der Waals surface area contributed by atoms with E-state index in [1.54, 1.807) is 11.1 Å². The van der Waals surface area contributed by atoms with Crippen LogP contribution in [-0.4, -0.2) is 40.0 Å². The average molecular weight is 298 g/mol. The third-order valence-electron chi connectivity index (χ3n) is 4.06. The predicted molar refractivity (Wildman–Crippen MR) is 84.2 cm³/mol. The van der Waals surface area contributed by atoms with Crippen molar-refractivity contribution < 1.29 is 9.59 Å². The number of hydrogen-bond donors (Lipinski definition) is 2. The number of carbonyl (C=O) groups is 2. The molecule has 1 aliphatic heterocycles. The summed E-state index contributed by atoms with van der Waals surface area (Å²) in [5, 5.41) is 10.8. The molecule has 0 spiro atoms. The highest BCUT2D eigenvalue weighted by Crippen LogP contribution is 2.21. The van der Waals surface area contributed by atoms with E-state index in [0.29, 0.717) is 25.9 Å². The maximum absolute atomic E-state index is 12.3. The Morgan fingerprint density at radius 3 is 2.86 bits per heavy atom. The lowest BCUT2D eigenvalue weighted by Crippen LogP contribution is -2.40. The van der Waals surface area contributed by atoms with Gasteiger partial charge in [-0.05, 0) is 37.1 Å². The molecule has 6 nitrogen and oxygen atoms in total. The first kappa shape index (κ1) is 14.3. The zero-order chi connectivity index (χ0) is 15.5. The third-order valence-corrected chi connectivity index (χ3v) is 4.06. The van der Waals surface area contributed by atoms with Gasteiger partial charge in [0.15, 0.2) is 0 Å². The number of hydrogen-bond acceptors (Lipinski definition) is 3. The van der Waals surface area contributed by atoms with E-state index in [-0.39, 0.29) is 17.7 Å². The van der Waals surface area contributed by atoms with Crippen LogP contribution in [0.2, 0.25) is 0 Å². The average Bonchev–Trinajstić information content (AvgIpc) is 3.02. The minimum atomic E-state index is -0.0662. The second kappa shape index (κ2) is 6.01. The number of nitrogens with one attached hydrogen (secondary N) is 2. The van der Waals surface area contributed by atoms with E-state index in [0.717, 1.165) is 16.6 Å². The summed E-state index contributed by atoms with van der Waals surface area (Å²) in [6, 6.07) is 5.66. The molecular weight excluding hydrogens is 280 g/mol. The standard InChI is InChI=1S/C16H18N4O2/c1-2-15(21)20-7-5-11(6-8-20)16(22)18-13-4-3-12-10-17-19-14(12)9-13/h2-4,9-11H,1,5-8H2,(H,17,19)(H,18,22). The van der Waals surface area contributed by atoms with Gasteiger partial charge >= 0.3 is 0 Å². The Kier molecular flexibility index (Phi) is 3.91. The van der Waals surface area contributed by atoms with Gasteiger partial charge in [-0.2, -0.15) is 5.10 Å². The number of aromatic nitrogens is 2. The molecule has 0 bridgehead atoms. The summed E-state index contributed by atoms with van der Waals surface area (Å²) in [6.45, 7) is 4.69. The summed E-state index contributed by atoms with van der Waals surface area (Å²) >= 11 is 0. The number of nitrogens with zero attached hydrogens (tertiary/aromatic N) is 2. The van der Waals surface area contributed by atoms with Crippen LogP contribution in [0.1, 0.15) is 12.8 Å². The first-order valence-corrected chi connectivity index (χ1v) is 7.32. The highest BCUT2D eigenvalue weighted by molar-refractivity contribution is 5.95. The van der Waals surface area contributed by atoms with Crippen molar-refractivity contribution in [3.05, 3.63) is 37.1 Å². The lowest BCUT2D eigenvalue weighted by Gasteiger charge is -2.30. The maximum atomic E-state index is 12.3. The minimum absolute atomic E-state index is 0.00423. The first-order chi connectivity index (χ1) is 10.7. The molecular formula is C16H18N4O2. The molecule has 0 unspecified atom stereocenters. The molecule has 2 amide bonds. The highest BCUT2D eigenvalue weighted by Gasteiger charge is 2.26. The van der Waals surface area contributed by atoms with Gasteiger partial charge < -0.3 is 10.2 Å². The van der Waals surface area contributed by atoms with Crippen molar-refractivity contribution in [1.29, 1.82) is 0 Å². The molecule has 2 N–H and O–H groups in total. The lowest BCUT2D eigenvalue weighted by atomic mass is 9.95. The second-order valence-corrected chi connectivity index (χ2v) is 5.46. The van der Waals surface area contributed by atoms with E-state index in [1.807, 2.05) is 18.2 Å². The molecule has 0 saturated carbocycles. The Hall–Kier alpha value is -2.63. The molecule has 1 aliphatic rings. The van der Waals surface area contributed by atoms with Crippen molar-refractivity contribution in [2.24, 2.45) is 5.92 Å². The Morgan fingerprint density at radius 1 is 1.36 bits per heavy atom. The SMILES string of the molecule is C=CC(=O)N1CCC(C(=O)Nc2ccc3cn[nH]c3c2)CC1. The zero-order valence-corrected chi connectivity index (χ0v) is 12.2. The van der Waals surface area contributed by atoms with E-state index in [9.17, 15) is 9.59 Å². The number of amides is 2. The van der Waals surface area contributed by atoms with Crippen LogP contribution >= 0.6 is 0 Å². The van der Waals surface area contributed by atoms with Gasteiger partial charge in [0, 0.05) is 30.1 Å². The first-order valence-electron chi connectivity index (χ1n) is 7.32. The number of likely N-dealkylation sites (tertiary alicyclic amines) is 1. The predicted octanol–water partition coefficient (Wildman–Crippen LogP) is 1.93. The van der Waals surface area contributed by atoms with Gasteiger partial charge in [0.25, 0.3) is 0 Å². The van der Waals surface area contributed by atoms with Crippen LogP contribution < -0.4 is 5.32 Å². The maximum Gasteiger partial charge on any atom is 0.245 e. The molecule has 6 heteroatoms. The van der Waals surface area contributed by atoms with Crippen molar-refractivity contribution in [3.63, 3.8) is 0 Å². The molecule has 1 aromatic heterocycles. The Morgan fingerprint density at radius 2 is 2.14 bits per heavy atom. The monoisotopic (exact) mass is 298 g/mol.